The summed E-state index contributed by atoms with van der Waals surface area (Å²) in [5.41, 5.74) is 3.45. The summed E-state index contributed by atoms with van der Waals surface area (Å²) in [4.78, 5) is 57.2. The van der Waals surface area contributed by atoms with Gasteiger partial charge < -0.3 is 29.7 Å². The average molecular weight is 680 g/mol. The number of likely N-dealkylation sites (N-methyl/N-ethyl adjacent to an activating group) is 2. The van der Waals surface area contributed by atoms with Crippen LogP contribution in [0, 0.1) is 0 Å². The molecular formula is C34H36Cl2N6O5. The fourth-order valence-corrected chi connectivity index (χ4v) is 5.28. The fraction of sp³-hybridized carbons (Fsp3) is 0.265. The van der Waals surface area contributed by atoms with E-state index < -0.39 is 11.8 Å². The predicted molar refractivity (Wildman–Crippen MR) is 184 cm³/mol. The summed E-state index contributed by atoms with van der Waals surface area (Å²) in [7, 11) is 6.52. The Morgan fingerprint density at radius 3 is 2.36 bits per heavy atom. The first kappa shape index (κ1) is 35.0. The predicted octanol–water partition coefficient (Wildman–Crippen LogP) is 4.72. The zero-order valence-electron chi connectivity index (χ0n) is 26.8. The smallest absolute Gasteiger partial charge is 0.251 e. The summed E-state index contributed by atoms with van der Waals surface area (Å²) < 4.78 is 8.05. The molecule has 4 rings (SSSR count). The van der Waals surface area contributed by atoms with E-state index in [0.29, 0.717) is 45.1 Å². The number of benzene rings is 3. The van der Waals surface area contributed by atoms with Gasteiger partial charge in [0.15, 0.2) is 0 Å². The number of carbonyl (C=O) groups is 4. The van der Waals surface area contributed by atoms with Gasteiger partial charge in [0.2, 0.25) is 17.7 Å². The number of para-hydroxylation sites is 1. The van der Waals surface area contributed by atoms with Gasteiger partial charge in [0, 0.05) is 56.8 Å². The first-order valence-electron chi connectivity index (χ1n) is 14.8. The van der Waals surface area contributed by atoms with Crippen molar-refractivity contribution >= 4 is 69.6 Å². The highest BCUT2D eigenvalue weighted by Gasteiger charge is 2.21. The van der Waals surface area contributed by atoms with Gasteiger partial charge in [-0.1, -0.05) is 48.3 Å². The highest BCUT2D eigenvalue weighted by Crippen LogP contribution is 2.35. The molecule has 0 aliphatic carbocycles. The Hall–Kier alpha value is -4.87. The monoisotopic (exact) mass is 678 g/mol. The Morgan fingerprint density at radius 1 is 0.979 bits per heavy atom. The second-order valence-electron chi connectivity index (χ2n) is 10.7. The van der Waals surface area contributed by atoms with Gasteiger partial charge >= 0.3 is 0 Å². The van der Waals surface area contributed by atoms with Crippen molar-refractivity contribution in [3.8, 4) is 5.75 Å². The van der Waals surface area contributed by atoms with Crippen LogP contribution in [0.25, 0.3) is 17.1 Å². The van der Waals surface area contributed by atoms with Crippen LogP contribution in [0.1, 0.15) is 34.2 Å². The molecule has 11 nitrogen and oxygen atoms in total. The highest BCUT2D eigenvalue weighted by atomic mass is 35.5. The number of amides is 4. The quantitative estimate of drug-likeness (QED) is 0.209. The average Bonchev–Trinajstić information content (AvgIpc) is 3.43. The number of anilines is 1. The molecule has 13 heteroatoms. The molecule has 0 radical (unpaired) electrons. The van der Waals surface area contributed by atoms with E-state index in [1.807, 2.05) is 23.6 Å². The number of fused-ring (bicyclic) bond motifs is 1. The summed E-state index contributed by atoms with van der Waals surface area (Å²) in [6.07, 6.45) is 3.51. The van der Waals surface area contributed by atoms with E-state index in [-0.39, 0.29) is 36.5 Å². The molecule has 0 aliphatic rings. The molecule has 2 N–H and O–H groups in total. The molecule has 4 aromatic rings. The number of halogens is 2. The number of rotatable bonds is 12. The number of carbonyl (C=O) groups excluding carboxylic acids is 4. The molecule has 0 bridgehead atoms. The molecule has 0 spiro atoms. The van der Waals surface area contributed by atoms with Gasteiger partial charge in [0.05, 0.1) is 22.8 Å². The molecule has 47 heavy (non-hydrogen) atoms. The molecule has 1 heterocycles. The van der Waals surface area contributed by atoms with Crippen molar-refractivity contribution in [2.75, 3.05) is 39.6 Å². The number of nitrogens with zero attached hydrogens (tertiary/aromatic N) is 4. The van der Waals surface area contributed by atoms with Gasteiger partial charge in [-0.15, -0.1) is 0 Å². The van der Waals surface area contributed by atoms with E-state index in [0.717, 1.165) is 11.3 Å². The molecule has 0 atom stereocenters. The molecule has 0 saturated heterocycles. The Labute approximate surface area is 283 Å². The van der Waals surface area contributed by atoms with Crippen molar-refractivity contribution in [1.82, 2.24) is 25.1 Å². The van der Waals surface area contributed by atoms with Gasteiger partial charge in [-0.25, -0.2) is 4.98 Å². The van der Waals surface area contributed by atoms with Gasteiger partial charge in [-0.05, 0) is 48.0 Å². The van der Waals surface area contributed by atoms with Crippen LogP contribution in [-0.4, -0.2) is 72.8 Å². The number of hydrogen-bond donors (Lipinski definition) is 2. The minimum Gasteiger partial charge on any atom is -0.486 e. The Bertz CT molecular complexity index is 1840. The van der Waals surface area contributed by atoms with Crippen molar-refractivity contribution in [1.29, 1.82) is 0 Å². The highest BCUT2D eigenvalue weighted by molar-refractivity contribution is 6.38. The van der Waals surface area contributed by atoms with E-state index in [4.69, 9.17) is 32.9 Å². The van der Waals surface area contributed by atoms with Crippen LogP contribution in [0.5, 0.6) is 5.75 Å². The molecule has 0 unspecified atom stereocenters. The van der Waals surface area contributed by atoms with E-state index in [1.165, 1.54) is 15.9 Å². The van der Waals surface area contributed by atoms with Crippen molar-refractivity contribution in [3.05, 3.63) is 93.2 Å². The lowest BCUT2D eigenvalue weighted by Gasteiger charge is -2.21. The second-order valence-corrected chi connectivity index (χ2v) is 11.5. The van der Waals surface area contributed by atoms with Crippen molar-refractivity contribution < 1.29 is 23.9 Å². The molecule has 0 aliphatic heterocycles. The minimum absolute atomic E-state index is 0.0107. The molecule has 0 saturated carbocycles. The number of aromatic nitrogens is 2. The molecule has 3 aromatic carbocycles. The number of imidazole rings is 1. The molecule has 246 valence electrons. The summed E-state index contributed by atoms with van der Waals surface area (Å²) in [5, 5.41) is 5.70. The van der Waals surface area contributed by atoms with E-state index in [2.05, 4.69) is 10.6 Å². The maximum atomic E-state index is 13.0. The van der Waals surface area contributed by atoms with E-state index in [9.17, 15) is 19.2 Å². The van der Waals surface area contributed by atoms with Crippen LogP contribution >= 0.6 is 23.2 Å². The number of hydrogen-bond acceptors (Lipinski definition) is 6. The van der Waals surface area contributed by atoms with Crippen LogP contribution in [0.15, 0.2) is 60.7 Å². The third-order valence-electron chi connectivity index (χ3n) is 7.44. The zero-order chi connectivity index (χ0) is 34.2. The summed E-state index contributed by atoms with van der Waals surface area (Å²) in [5.74, 6) is 0.112. The Kier molecular flexibility index (Phi) is 11.6. The maximum Gasteiger partial charge on any atom is 0.251 e. The third-order valence-corrected chi connectivity index (χ3v) is 8.22. The van der Waals surface area contributed by atoms with Crippen LogP contribution in [0.2, 0.25) is 10.0 Å². The van der Waals surface area contributed by atoms with Gasteiger partial charge in [0.25, 0.3) is 5.91 Å². The third kappa shape index (κ3) is 8.30. The van der Waals surface area contributed by atoms with E-state index in [1.54, 1.807) is 76.7 Å². The standard InChI is InChI=1S/C34H36Cl2N6O5/c1-6-28-39-33-26(42(28)19-31(45)40(3)4)8-7-9-27(33)47-20-23-24(35)15-16-25(32(23)36)41(5)30(44)18-38-29(43)17-12-21-10-13-22(14-11-21)34(46)37-2/h7-17H,6,18-20H2,1-5H3,(H,37,46)(H,38,43). The van der Waals surface area contributed by atoms with Gasteiger partial charge in [-0.2, -0.15) is 0 Å². The lowest BCUT2D eigenvalue weighted by molar-refractivity contribution is -0.129. The second kappa shape index (κ2) is 15.6. The Balaban J connectivity index is 1.43. The first-order chi connectivity index (χ1) is 22.4. The van der Waals surface area contributed by atoms with Gasteiger partial charge in [0.1, 0.15) is 30.2 Å². The largest absolute Gasteiger partial charge is 0.486 e. The number of aryl methyl sites for hydroxylation is 1. The van der Waals surface area contributed by atoms with Crippen molar-refractivity contribution in [2.45, 2.75) is 26.5 Å². The number of ether oxygens (including phenoxy) is 1. The summed E-state index contributed by atoms with van der Waals surface area (Å²) >= 11 is 13.3. The zero-order valence-corrected chi connectivity index (χ0v) is 28.3. The van der Waals surface area contributed by atoms with Crippen molar-refractivity contribution in [2.24, 2.45) is 0 Å². The maximum absolute atomic E-state index is 13.0. The van der Waals surface area contributed by atoms with Crippen LogP contribution in [-0.2, 0) is 34.0 Å². The summed E-state index contributed by atoms with van der Waals surface area (Å²) in [6, 6.07) is 15.5. The lowest BCUT2D eigenvalue weighted by atomic mass is 10.1. The normalized spacial score (nSPS) is 11.0. The Morgan fingerprint density at radius 2 is 1.70 bits per heavy atom. The summed E-state index contributed by atoms with van der Waals surface area (Å²) in [6.45, 7) is 1.84. The van der Waals surface area contributed by atoms with Crippen LogP contribution in [0.3, 0.4) is 0 Å². The minimum atomic E-state index is -0.465. The first-order valence-corrected chi connectivity index (χ1v) is 15.5. The fourth-order valence-electron chi connectivity index (χ4n) is 4.67. The molecule has 1 aromatic heterocycles. The lowest BCUT2D eigenvalue weighted by Crippen LogP contribution is -2.37. The SMILES string of the molecule is CCc1nc2c(OCc3c(Cl)ccc(N(C)C(=O)CNC(=O)C=Cc4ccc(C(=O)NC)cc4)c3Cl)cccc2n1CC(=O)N(C)C. The van der Waals surface area contributed by atoms with E-state index >= 15 is 0 Å². The van der Waals surface area contributed by atoms with Crippen molar-refractivity contribution in [3.63, 3.8) is 0 Å². The molecule has 4 amide bonds. The van der Waals surface area contributed by atoms with Crippen LogP contribution < -0.4 is 20.3 Å². The topological polar surface area (TPSA) is 126 Å². The molecule has 0 fully saturated rings. The number of nitrogens with one attached hydrogen (secondary N) is 2. The van der Waals surface area contributed by atoms with Crippen LogP contribution in [0.4, 0.5) is 5.69 Å². The van der Waals surface area contributed by atoms with Gasteiger partial charge in [-0.3, -0.25) is 19.2 Å². The molecular weight excluding hydrogens is 643 g/mol.